The SMILES string of the molecule is CCNC(=O)CC(NC(=O)O)C(=O)NC(CCCc1ccccc1)B1OC(C)(C)C(C)(C)O1. The molecule has 3 amide bonds. The molecule has 4 N–H and O–H groups in total. The van der Waals surface area contributed by atoms with E-state index in [0.717, 1.165) is 12.8 Å². The van der Waals surface area contributed by atoms with Crippen molar-refractivity contribution in [3.63, 3.8) is 0 Å². The predicted molar refractivity (Wildman–Crippen MR) is 126 cm³/mol. The third-order valence-corrected chi connectivity index (χ3v) is 6.13. The van der Waals surface area contributed by atoms with Gasteiger partial charge >= 0.3 is 13.2 Å². The minimum absolute atomic E-state index is 0.300. The summed E-state index contributed by atoms with van der Waals surface area (Å²) in [6.07, 6.45) is 0.440. The van der Waals surface area contributed by atoms with Gasteiger partial charge in [-0.2, -0.15) is 0 Å². The summed E-state index contributed by atoms with van der Waals surface area (Å²) in [5.74, 6) is -1.53. The molecule has 10 heteroatoms. The van der Waals surface area contributed by atoms with Crippen LogP contribution < -0.4 is 16.0 Å². The fraction of sp³-hybridized carbons (Fsp3) is 0.609. The van der Waals surface area contributed by atoms with Gasteiger partial charge < -0.3 is 30.4 Å². The third kappa shape index (κ3) is 7.75. The molecule has 1 fully saturated rings. The molecule has 1 saturated heterocycles. The van der Waals surface area contributed by atoms with Crippen LogP contribution in [0.5, 0.6) is 0 Å². The molecule has 2 unspecified atom stereocenters. The van der Waals surface area contributed by atoms with Crippen LogP contribution in [0.1, 0.15) is 59.4 Å². The molecular formula is C23H36BN3O6. The number of nitrogens with one attached hydrogen (secondary N) is 3. The van der Waals surface area contributed by atoms with Gasteiger partial charge in [0, 0.05) is 6.54 Å². The van der Waals surface area contributed by atoms with E-state index in [-0.39, 0.29) is 6.42 Å². The highest BCUT2D eigenvalue weighted by Crippen LogP contribution is 2.38. The lowest BCUT2D eigenvalue weighted by Crippen LogP contribution is -2.55. The highest BCUT2D eigenvalue weighted by atomic mass is 16.7. The van der Waals surface area contributed by atoms with Crippen LogP contribution in [0, 0.1) is 0 Å². The van der Waals surface area contributed by atoms with Gasteiger partial charge in [-0.3, -0.25) is 9.59 Å². The van der Waals surface area contributed by atoms with E-state index >= 15 is 0 Å². The van der Waals surface area contributed by atoms with Crippen LogP contribution in [0.3, 0.4) is 0 Å². The first kappa shape index (κ1) is 26.7. The minimum Gasteiger partial charge on any atom is -0.465 e. The van der Waals surface area contributed by atoms with Gasteiger partial charge in [-0.1, -0.05) is 30.3 Å². The van der Waals surface area contributed by atoms with Crippen LogP contribution in [0.15, 0.2) is 30.3 Å². The van der Waals surface area contributed by atoms with Gasteiger partial charge in [0.2, 0.25) is 11.8 Å². The van der Waals surface area contributed by atoms with Crippen molar-refractivity contribution in [3.05, 3.63) is 35.9 Å². The van der Waals surface area contributed by atoms with E-state index in [0.29, 0.717) is 13.0 Å². The molecule has 2 atom stereocenters. The number of benzene rings is 1. The second-order valence-corrected chi connectivity index (χ2v) is 9.28. The Kier molecular flexibility index (Phi) is 9.30. The molecule has 1 aliphatic heterocycles. The molecule has 2 rings (SSSR count). The number of hydrogen-bond acceptors (Lipinski definition) is 5. The Bertz CT molecular complexity index is 802. The maximum Gasteiger partial charge on any atom is 0.481 e. The van der Waals surface area contributed by atoms with Gasteiger partial charge in [0.15, 0.2) is 0 Å². The van der Waals surface area contributed by atoms with Crippen LogP contribution in [0.4, 0.5) is 4.79 Å². The lowest BCUT2D eigenvalue weighted by Gasteiger charge is -2.32. The van der Waals surface area contributed by atoms with Crippen molar-refractivity contribution in [2.45, 2.75) is 83.5 Å². The van der Waals surface area contributed by atoms with E-state index in [9.17, 15) is 14.4 Å². The summed E-state index contributed by atoms with van der Waals surface area (Å²) in [4.78, 5) is 36.2. The maximum atomic E-state index is 13.0. The van der Waals surface area contributed by atoms with Crippen molar-refractivity contribution in [1.29, 1.82) is 0 Å². The Morgan fingerprint density at radius 2 is 1.64 bits per heavy atom. The Morgan fingerprint density at radius 3 is 2.18 bits per heavy atom. The number of carbonyl (C=O) groups excluding carboxylic acids is 2. The molecule has 1 aromatic carbocycles. The molecular weight excluding hydrogens is 425 g/mol. The topological polar surface area (TPSA) is 126 Å². The number of carbonyl (C=O) groups is 3. The Balaban J connectivity index is 2.14. The van der Waals surface area contributed by atoms with Crippen molar-refractivity contribution in [2.24, 2.45) is 0 Å². The van der Waals surface area contributed by atoms with Gasteiger partial charge in [0.25, 0.3) is 0 Å². The third-order valence-electron chi connectivity index (χ3n) is 6.13. The smallest absolute Gasteiger partial charge is 0.465 e. The number of aryl methyl sites for hydroxylation is 1. The molecule has 0 aliphatic carbocycles. The number of hydrogen-bond donors (Lipinski definition) is 4. The normalized spacial score (nSPS) is 18.3. The fourth-order valence-electron chi connectivity index (χ4n) is 3.60. The van der Waals surface area contributed by atoms with E-state index in [2.05, 4.69) is 16.0 Å². The summed E-state index contributed by atoms with van der Waals surface area (Å²) in [5, 5.41) is 16.8. The van der Waals surface area contributed by atoms with E-state index in [4.69, 9.17) is 14.4 Å². The van der Waals surface area contributed by atoms with Crippen LogP contribution in [0.2, 0.25) is 0 Å². The van der Waals surface area contributed by atoms with Crippen molar-refractivity contribution in [2.75, 3.05) is 6.54 Å². The van der Waals surface area contributed by atoms with Crippen molar-refractivity contribution < 1.29 is 28.8 Å². The molecule has 0 bridgehead atoms. The highest BCUT2D eigenvalue weighted by molar-refractivity contribution is 6.48. The van der Waals surface area contributed by atoms with Crippen molar-refractivity contribution in [1.82, 2.24) is 16.0 Å². The van der Waals surface area contributed by atoms with E-state index in [1.54, 1.807) is 6.92 Å². The molecule has 182 valence electrons. The largest absolute Gasteiger partial charge is 0.481 e. The summed E-state index contributed by atoms with van der Waals surface area (Å²) in [5.41, 5.74) is 0.0118. The minimum atomic E-state index is -1.38. The number of amides is 3. The molecule has 1 aliphatic rings. The van der Waals surface area contributed by atoms with Gasteiger partial charge in [-0.15, -0.1) is 0 Å². The molecule has 33 heavy (non-hydrogen) atoms. The van der Waals surface area contributed by atoms with Crippen molar-refractivity contribution >= 4 is 25.0 Å². The van der Waals surface area contributed by atoms with Crippen LogP contribution in [-0.4, -0.2) is 59.9 Å². The van der Waals surface area contributed by atoms with E-state index in [1.807, 2.05) is 58.0 Å². The molecule has 1 heterocycles. The molecule has 1 aromatic rings. The lowest BCUT2D eigenvalue weighted by molar-refractivity contribution is -0.128. The summed E-state index contributed by atoms with van der Waals surface area (Å²) in [6.45, 7) is 9.85. The Labute approximate surface area is 196 Å². The standard InChI is InChI=1S/C23H36BN3O6/c1-6-25-19(28)15-17(26-21(30)31)20(29)27-18(14-10-13-16-11-8-7-9-12-16)24-32-22(2,3)23(4,5)33-24/h7-9,11-12,17-18,26H,6,10,13-15H2,1-5H3,(H,25,28)(H,27,29)(H,30,31). The average Bonchev–Trinajstić information content (AvgIpc) is 2.94. The fourth-order valence-corrected chi connectivity index (χ4v) is 3.60. The summed E-state index contributed by atoms with van der Waals surface area (Å²) >= 11 is 0. The summed E-state index contributed by atoms with van der Waals surface area (Å²) in [7, 11) is -0.704. The lowest BCUT2D eigenvalue weighted by atomic mass is 9.75. The summed E-state index contributed by atoms with van der Waals surface area (Å²) in [6, 6.07) is 8.77. The molecule has 0 spiro atoms. The maximum absolute atomic E-state index is 13.0. The number of carboxylic acid groups (broad SMARTS) is 1. The highest BCUT2D eigenvalue weighted by Gasteiger charge is 2.54. The van der Waals surface area contributed by atoms with E-state index in [1.165, 1.54) is 5.56 Å². The first-order chi connectivity index (χ1) is 15.4. The molecule has 0 radical (unpaired) electrons. The Morgan fingerprint density at radius 1 is 1.03 bits per heavy atom. The van der Waals surface area contributed by atoms with Gasteiger partial charge in [-0.25, -0.2) is 4.79 Å². The second kappa shape index (κ2) is 11.5. The zero-order valence-corrected chi connectivity index (χ0v) is 20.1. The Hall–Kier alpha value is -2.59. The summed E-state index contributed by atoms with van der Waals surface area (Å²) < 4.78 is 12.3. The van der Waals surface area contributed by atoms with Crippen LogP contribution >= 0.6 is 0 Å². The second-order valence-electron chi connectivity index (χ2n) is 9.28. The number of rotatable bonds is 11. The molecule has 0 saturated carbocycles. The molecule has 0 aromatic heterocycles. The van der Waals surface area contributed by atoms with E-state index < -0.39 is 48.2 Å². The zero-order valence-electron chi connectivity index (χ0n) is 20.1. The quantitative estimate of drug-likeness (QED) is 0.375. The van der Waals surface area contributed by atoms with Gasteiger partial charge in [0.1, 0.15) is 6.04 Å². The zero-order chi connectivity index (χ0) is 24.6. The van der Waals surface area contributed by atoms with Crippen LogP contribution in [-0.2, 0) is 25.3 Å². The average molecular weight is 461 g/mol. The van der Waals surface area contributed by atoms with Gasteiger partial charge in [-0.05, 0) is 59.4 Å². The van der Waals surface area contributed by atoms with Gasteiger partial charge in [0.05, 0.1) is 23.6 Å². The van der Waals surface area contributed by atoms with Crippen molar-refractivity contribution in [3.8, 4) is 0 Å². The first-order valence-electron chi connectivity index (χ1n) is 11.4. The first-order valence-corrected chi connectivity index (χ1v) is 11.4. The monoisotopic (exact) mass is 461 g/mol. The molecule has 9 nitrogen and oxygen atoms in total. The van der Waals surface area contributed by atoms with Crippen LogP contribution in [0.25, 0.3) is 0 Å². The predicted octanol–water partition coefficient (Wildman–Crippen LogP) is 2.29.